The van der Waals surface area contributed by atoms with Gasteiger partial charge in [0.25, 0.3) is 0 Å². The monoisotopic (exact) mass is 172 g/mol. The average Bonchev–Trinajstić information content (AvgIpc) is 2.52. The van der Waals surface area contributed by atoms with Gasteiger partial charge in [0.05, 0.1) is 6.54 Å². The standard InChI is InChI=1S/C5H8N4OS/c6-8-5(11)7-3-4-1-2-10-9-4/h1-2H,3,6H2,(H2,7,8,11). The lowest BCUT2D eigenvalue weighted by Crippen LogP contribution is -2.39. The van der Waals surface area contributed by atoms with E-state index in [2.05, 4.69) is 20.4 Å². The molecule has 1 aromatic heterocycles. The highest BCUT2D eigenvalue weighted by molar-refractivity contribution is 7.80. The molecular formula is C5H8N4OS. The van der Waals surface area contributed by atoms with E-state index in [0.717, 1.165) is 5.69 Å². The van der Waals surface area contributed by atoms with Crippen LogP contribution in [0.3, 0.4) is 0 Å². The van der Waals surface area contributed by atoms with Crippen LogP contribution in [0.5, 0.6) is 0 Å². The van der Waals surface area contributed by atoms with Crippen molar-refractivity contribution in [3.8, 4) is 0 Å². The van der Waals surface area contributed by atoms with Crippen molar-refractivity contribution in [1.82, 2.24) is 15.9 Å². The van der Waals surface area contributed by atoms with Crippen LogP contribution in [0.2, 0.25) is 0 Å². The summed E-state index contributed by atoms with van der Waals surface area (Å²) >= 11 is 4.72. The number of aromatic nitrogens is 1. The summed E-state index contributed by atoms with van der Waals surface area (Å²) in [7, 11) is 0. The van der Waals surface area contributed by atoms with Crippen LogP contribution in [-0.2, 0) is 6.54 Å². The molecule has 6 heteroatoms. The highest BCUT2D eigenvalue weighted by Crippen LogP contribution is 1.91. The Labute approximate surface area is 68.9 Å². The van der Waals surface area contributed by atoms with E-state index in [-0.39, 0.29) is 0 Å². The number of hydrogen-bond acceptors (Lipinski definition) is 4. The molecule has 0 spiro atoms. The van der Waals surface area contributed by atoms with E-state index >= 15 is 0 Å². The van der Waals surface area contributed by atoms with Gasteiger partial charge in [0.15, 0.2) is 5.11 Å². The Bertz CT molecular complexity index is 222. The normalized spacial score (nSPS) is 9.18. The fourth-order valence-corrected chi connectivity index (χ4v) is 0.623. The van der Waals surface area contributed by atoms with Gasteiger partial charge in [0.1, 0.15) is 12.0 Å². The Morgan fingerprint density at radius 2 is 2.64 bits per heavy atom. The molecule has 0 aliphatic rings. The van der Waals surface area contributed by atoms with Crippen molar-refractivity contribution in [2.45, 2.75) is 6.54 Å². The fraction of sp³-hybridized carbons (Fsp3) is 0.200. The molecule has 0 amide bonds. The first-order valence-electron chi connectivity index (χ1n) is 2.96. The van der Waals surface area contributed by atoms with Crippen molar-refractivity contribution in [3.63, 3.8) is 0 Å². The van der Waals surface area contributed by atoms with Gasteiger partial charge in [0.2, 0.25) is 0 Å². The molecule has 1 rings (SSSR count). The topological polar surface area (TPSA) is 76.1 Å². The molecule has 60 valence electrons. The van der Waals surface area contributed by atoms with Crippen molar-refractivity contribution in [1.29, 1.82) is 0 Å². The Kier molecular flexibility index (Phi) is 2.82. The molecule has 5 nitrogen and oxygen atoms in total. The van der Waals surface area contributed by atoms with Crippen LogP contribution in [-0.4, -0.2) is 10.3 Å². The van der Waals surface area contributed by atoms with Gasteiger partial charge in [-0.15, -0.1) is 0 Å². The molecule has 4 N–H and O–H groups in total. The van der Waals surface area contributed by atoms with E-state index in [0.29, 0.717) is 11.7 Å². The summed E-state index contributed by atoms with van der Waals surface area (Å²) in [4.78, 5) is 0. The molecule has 1 aromatic rings. The van der Waals surface area contributed by atoms with Crippen molar-refractivity contribution in [3.05, 3.63) is 18.0 Å². The van der Waals surface area contributed by atoms with Gasteiger partial charge >= 0.3 is 0 Å². The molecule has 0 radical (unpaired) electrons. The van der Waals surface area contributed by atoms with E-state index in [1.54, 1.807) is 6.07 Å². The highest BCUT2D eigenvalue weighted by atomic mass is 32.1. The Morgan fingerprint density at radius 1 is 1.82 bits per heavy atom. The zero-order valence-electron chi connectivity index (χ0n) is 5.70. The van der Waals surface area contributed by atoms with Gasteiger partial charge in [-0.1, -0.05) is 5.16 Å². The summed E-state index contributed by atoms with van der Waals surface area (Å²) < 4.78 is 4.60. The van der Waals surface area contributed by atoms with Crippen molar-refractivity contribution in [2.24, 2.45) is 5.84 Å². The molecule has 0 aromatic carbocycles. The van der Waals surface area contributed by atoms with Gasteiger partial charge in [0, 0.05) is 6.07 Å². The Morgan fingerprint density at radius 3 is 3.18 bits per heavy atom. The lowest BCUT2D eigenvalue weighted by atomic mass is 10.4. The van der Waals surface area contributed by atoms with Crippen LogP contribution in [0.4, 0.5) is 0 Å². The Hall–Kier alpha value is -1.14. The van der Waals surface area contributed by atoms with E-state index < -0.39 is 0 Å². The van der Waals surface area contributed by atoms with E-state index in [4.69, 9.17) is 18.1 Å². The maximum absolute atomic E-state index is 5.01. The third-order valence-electron chi connectivity index (χ3n) is 1.05. The first kappa shape index (κ1) is 7.96. The molecule has 1 heterocycles. The van der Waals surface area contributed by atoms with Crippen LogP contribution in [0, 0.1) is 0 Å². The third kappa shape index (κ3) is 2.52. The lowest BCUT2D eigenvalue weighted by Gasteiger charge is -2.02. The summed E-state index contributed by atoms with van der Waals surface area (Å²) in [6, 6.07) is 1.74. The van der Waals surface area contributed by atoms with E-state index in [1.165, 1.54) is 6.26 Å². The molecule has 0 saturated carbocycles. The van der Waals surface area contributed by atoms with Gasteiger partial charge < -0.3 is 15.3 Å². The number of thiocarbonyl (C=S) groups is 1. The predicted octanol–water partition coefficient (Wildman–Crippen LogP) is -0.488. The van der Waals surface area contributed by atoms with E-state index in [9.17, 15) is 0 Å². The minimum Gasteiger partial charge on any atom is -0.364 e. The second kappa shape index (κ2) is 3.89. The zero-order valence-corrected chi connectivity index (χ0v) is 6.52. The quantitative estimate of drug-likeness (QED) is 0.317. The van der Waals surface area contributed by atoms with Crippen molar-refractivity contribution >= 4 is 17.3 Å². The van der Waals surface area contributed by atoms with Gasteiger partial charge in [-0.25, -0.2) is 5.84 Å². The maximum Gasteiger partial charge on any atom is 0.180 e. The van der Waals surface area contributed by atoms with Crippen LogP contribution in [0.15, 0.2) is 16.9 Å². The molecule has 0 saturated heterocycles. The van der Waals surface area contributed by atoms with Crippen LogP contribution >= 0.6 is 12.2 Å². The summed E-state index contributed by atoms with van der Waals surface area (Å²) in [6.07, 6.45) is 1.50. The second-order valence-electron chi connectivity index (χ2n) is 1.82. The summed E-state index contributed by atoms with van der Waals surface area (Å²) in [5.74, 6) is 5.01. The summed E-state index contributed by atoms with van der Waals surface area (Å²) in [5, 5.41) is 6.85. The summed E-state index contributed by atoms with van der Waals surface area (Å²) in [6.45, 7) is 0.513. The van der Waals surface area contributed by atoms with Crippen LogP contribution < -0.4 is 16.6 Å². The molecule has 0 aliphatic carbocycles. The Balaban J connectivity index is 2.29. The fourth-order valence-electron chi connectivity index (χ4n) is 0.551. The predicted molar refractivity (Wildman–Crippen MR) is 43.3 cm³/mol. The number of rotatable bonds is 2. The minimum absolute atomic E-state index is 0.382. The number of nitrogens with one attached hydrogen (secondary N) is 2. The maximum atomic E-state index is 5.01. The molecule has 0 fully saturated rings. The molecule has 11 heavy (non-hydrogen) atoms. The second-order valence-corrected chi connectivity index (χ2v) is 2.23. The molecule has 0 aliphatic heterocycles. The van der Waals surface area contributed by atoms with Crippen LogP contribution in [0.1, 0.15) is 5.69 Å². The first-order chi connectivity index (χ1) is 5.33. The minimum atomic E-state index is 0.382. The number of hydrazine groups is 1. The largest absolute Gasteiger partial charge is 0.364 e. The average molecular weight is 172 g/mol. The SMILES string of the molecule is NNC(=S)NCc1ccon1. The number of hydrogen-bond donors (Lipinski definition) is 3. The van der Waals surface area contributed by atoms with Gasteiger partial charge in [-0.2, -0.15) is 0 Å². The lowest BCUT2D eigenvalue weighted by molar-refractivity contribution is 0.411. The third-order valence-corrected chi connectivity index (χ3v) is 1.31. The molecule has 0 atom stereocenters. The van der Waals surface area contributed by atoms with E-state index in [1.807, 2.05) is 0 Å². The smallest absolute Gasteiger partial charge is 0.180 e. The molecule has 0 unspecified atom stereocenters. The van der Waals surface area contributed by atoms with Crippen molar-refractivity contribution in [2.75, 3.05) is 0 Å². The van der Waals surface area contributed by atoms with Crippen LogP contribution in [0.25, 0.3) is 0 Å². The number of nitrogens with zero attached hydrogens (tertiary/aromatic N) is 1. The molecular weight excluding hydrogens is 164 g/mol. The number of nitrogens with two attached hydrogens (primary N) is 1. The van der Waals surface area contributed by atoms with Gasteiger partial charge in [-0.3, -0.25) is 0 Å². The highest BCUT2D eigenvalue weighted by Gasteiger charge is 1.95. The molecule has 0 bridgehead atoms. The first-order valence-corrected chi connectivity index (χ1v) is 3.37. The van der Waals surface area contributed by atoms with Crippen molar-refractivity contribution < 1.29 is 4.52 Å². The summed E-state index contributed by atoms with van der Waals surface area (Å²) in [5.41, 5.74) is 3.07. The van der Waals surface area contributed by atoms with Gasteiger partial charge in [-0.05, 0) is 12.2 Å². The zero-order chi connectivity index (χ0) is 8.10.